The van der Waals surface area contributed by atoms with E-state index in [1.807, 2.05) is 66.9 Å². The zero-order chi connectivity index (χ0) is 23.2. The summed E-state index contributed by atoms with van der Waals surface area (Å²) in [5, 5.41) is 13.2. The Labute approximate surface area is 195 Å². The Kier molecular flexibility index (Phi) is 6.95. The molecule has 0 aliphatic rings. The molecule has 0 radical (unpaired) electrons. The molecule has 3 aromatic carbocycles. The smallest absolute Gasteiger partial charge is 0.250 e. The second-order valence-electron chi connectivity index (χ2n) is 7.48. The van der Waals surface area contributed by atoms with Gasteiger partial charge in [0.2, 0.25) is 0 Å². The summed E-state index contributed by atoms with van der Waals surface area (Å²) < 4.78 is 15.2. The van der Waals surface area contributed by atoms with Crippen LogP contribution < -0.4 is 5.43 Å². The summed E-state index contributed by atoms with van der Waals surface area (Å²) in [6.45, 7) is 4.06. The molecule has 0 unspecified atom stereocenters. The number of aromatic nitrogens is 3. The van der Waals surface area contributed by atoms with Crippen LogP contribution in [0.25, 0.3) is 17.1 Å². The summed E-state index contributed by atoms with van der Waals surface area (Å²) in [5.41, 5.74) is 7.17. The second kappa shape index (κ2) is 10.2. The zero-order valence-corrected chi connectivity index (χ0v) is 19.0. The van der Waals surface area contributed by atoms with Gasteiger partial charge in [0.25, 0.3) is 5.91 Å². The van der Waals surface area contributed by atoms with E-state index in [4.69, 9.17) is 0 Å². The summed E-state index contributed by atoms with van der Waals surface area (Å²) in [6, 6.07) is 22.1. The number of amides is 1. The fourth-order valence-corrected chi connectivity index (χ4v) is 3.85. The van der Waals surface area contributed by atoms with E-state index in [2.05, 4.69) is 20.7 Å². The van der Waals surface area contributed by atoms with Crippen molar-refractivity contribution in [2.45, 2.75) is 19.0 Å². The van der Waals surface area contributed by atoms with Gasteiger partial charge in [-0.05, 0) is 43.7 Å². The third kappa shape index (κ3) is 5.72. The number of rotatable bonds is 7. The zero-order valence-electron chi connectivity index (χ0n) is 18.2. The maximum Gasteiger partial charge on any atom is 0.250 e. The van der Waals surface area contributed by atoms with Crippen molar-refractivity contribution >= 4 is 23.9 Å². The highest BCUT2D eigenvalue weighted by molar-refractivity contribution is 7.99. The number of carbonyl (C=O) groups excluding carboxylic acids is 1. The van der Waals surface area contributed by atoms with Crippen molar-refractivity contribution in [3.05, 3.63) is 95.3 Å². The van der Waals surface area contributed by atoms with E-state index in [1.54, 1.807) is 12.1 Å². The summed E-state index contributed by atoms with van der Waals surface area (Å²) in [5.74, 6) is 0.132. The van der Waals surface area contributed by atoms with E-state index in [1.165, 1.54) is 30.1 Å². The predicted molar refractivity (Wildman–Crippen MR) is 129 cm³/mol. The molecule has 4 aromatic rings. The molecule has 4 rings (SSSR count). The average Bonchev–Trinajstić information content (AvgIpc) is 3.23. The van der Waals surface area contributed by atoms with Gasteiger partial charge in [0.1, 0.15) is 5.82 Å². The molecule has 0 aliphatic heterocycles. The first kappa shape index (κ1) is 22.4. The molecule has 0 spiro atoms. The standard InChI is InChI=1S/C25H22FN5OS/c1-17-6-10-20(11-7-17)24-29-30-25(31(24)22-12-8-18(2)9-13-22)33-16-23(32)28-27-15-19-4-3-5-21(26)14-19/h3-15H,16H2,1-2H3,(H,28,32). The highest BCUT2D eigenvalue weighted by Gasteiger charge is 2.17. The van der Waals surface area contributed by atoms with Gasteiger partial charge in [-0.2, -0.15) is 5.10 Å². The number of thioether (sulfide) groups is 1. The molecule has 33 heavy (non-hydrogen) atoms. The van der Waals surface area contributed by atoms with E-state index in [0.29, 0.717) is 16.5 Å². The predicted octanol–water partition coefficient (Wildman–Crippen LogP) is 4.93. The number of aryl methyl sites for hydroxylation is 2. The van der Waals surface area contributed by atoms with Crippen molar-refractivity contribution in [2.24, 2.45) is 5.10 Å². The maximum atomic E-state index is 13.2. The molecule has 0 atom stereocenters. The molecule has 1 N–H and O–H groups in total. The number of benzene rings is 3. The Balaban J connectivity index is 1.51. The van der Waals surface area contributed by atoms with Crippen molar-refractivity contribution in [3.63, 3.8) is 0 Å². The lowest BCUT2D eigenvalue weighted by molar-refractivity contribution is -0.118. The number of carbonyl (C=O) groups is 1. The number of hydrazone groups is 1. The molecule has 6 nitrogen and oxygen atoms in total. The molecule has 0 saturated heterocycles. The van der Waals surface area contributed by atoms with Crippen molar-refractivity contribution in [3.8, 4) is 17.1 Å². The molecule has 0 saturated carbocycles. The van der Waals surface area contributed by atoms with Crippen molar-refractivity contribution in [1.29, 1.82) is 0 Å². The minimum absolute atomic E-state index is 0.0956. The normalized spacial score (nSPS) is 11.1. The highest BCUT2D eigenvalue weighted by Crippen LogP contribution is 2.28. The van der Waals surface area contributed by atoms with Crippen LogP contribution in [-0.2, 0) is 4.79 Å². The Morgan fingerprint density at radius 2 is 1.73 bits per heavy atom. The first-order valence-corrected chi connectivity index (χ1v) is 11.3. The van der Waals surface area contributed by atoms with E-state index in [9.17, 15) is 9.18 Å². The topological polar surface area (TPSA) is 72.2 Å². The first-order chi connectivity index (χ1) is 16.0. The van der Waals surface area contributed by atoms with Crippen molar-refractivity contribution in [1.82, 2.24) is 20.2 Å². The van der Waals surface area contributed by atoms with Gasteiger partial charge < -0.3 is 0 Å². The van der Waals surface area contributed by atoms with E-state index >= 15 is 0 Å². The summed E-state index contributed by atoms with van der Waals surface area (Å²) in [7, 11) is 0. The number of hydrogen-bond donors (Lipinski definition) is 1. The van der Waals surface area contributed by atoms with Crippen molar-refractivity contribution < 1.29 is 9.18 Å². The molecule has 1 aromatic heterocycles. The van der Waals surface area contributed by atoms with Crippen LogP contribution in [0.1, 0.15) is 16.7 Å². The Morgan fingerprint density at radius 1 is 1.03 bits per heavy atom. The van der Waals surface area contributed by atoms with Crippen LogP contribution in [0.4, 0.5) is 4.39 Å². The summed E-state index contributed by atoms with van der Waals surface area (Å²) in [4.78, 5) is 12.3. The molecule has 8 heteroatoms. The molecular weight excluding hydrogens is 437 g/mol. The molecule has 1 amide bonds. The third-order valence-electron chi connectivity index (χ3n) is 4.82. The Hall–Kier alpha value is -3.78. The lowest BCUT2D eigenvalue weighted by Gasteiger charge is -2.11. The van der Waals surface area contributed by atoms with Gasteiger partial charge in [-0.25, -0.2) is 9.82 Å². The van der Waals surface area contributed by atoms with Gasteiger partial charge in [0.15, 0.2) is 11.0 Å². The number of halogens is 1. The highest BCUT2D eigenvalue weighted by atomic mass is 32.2. The van der Waals surface area contributed by atoms with E-state index in [-0.39, 0.29) is 17.5 Å². The fourth-order valence-electron chi connectivity index (χ4n) is 3.11. The monoisotopic (exact) mass is 459 g/mol. The molecule has 1 heterocycles. The third-order valence-corrected chi connectivity index (χ3v) is 5.75. The van der Waals surface area contributed by atoms with E-state index < -0.39 is 0 Å². The van der Waals surface area contributed by atoms with Crippen LogP contribution in [0.3, 0.4) is 0 Å². The molecule has 0 fully saturated rings. The number of nitrogens with zero attached hydrogens (tertiary/aromatic N) is 4. The van der Waals surface area contributed by atoms with Gasteiger partial charge in [-0.1, -0.05) is 71.4 Å². The van der Waals surface area contributed by atoms with Crippen LogP contribution in [0.15, 0.2) is 83.1 Å². The first-order valence-electron chi connectivity index (χ1n) is 10.3. The molecule has 0 aliphatic carbocycles. The Morgan fingerprint density at radius 3 is 2.42 bits per heavy atom. The van der Waals surface area contributed by atoms with Crippen LogP contribution in [0.5, 0.6) is 0 Å². The molecule has 0 bridgehead atoms. The van der Waals surface area contributed by atoms with Gasteiger partial charge in [0, 0.05) is 11.3 Å². The van der Waals surface area contributed by atoms with Gasteiger partial charge >= 0.3 is 0 Å². The average molecular weight is 460 g/mol. The van der Waals surface area contributed by atoms with E-state index in [0.717, 1.165) is 22.4 Å². The summed E-state index contributed by atoms with van der Waals surface area (Å²) >= 11 is 1.26. The Bertz CT molecular complexity index is 1280. The lowest BCUT2D eigenvalue weighted by Crippen LogP contribution is -2.20. The quantitative estimate of drug-likeness (QED) is 0.242. The van der Waals surface area contributed by atoms with Crippen LogP contribution in [0, 0.1) is 19.7 Å². The minimum atomic E-state index is -0.361. The largest absolute Gasteiger partial charge is 0.272 e. The van der Waals surface area contributed by atoms with Gasteiger partial charge in [0.05, 0.1) is 12.0 Å². The number of hydrogen-bond acceptors (Lipinski definition) is 5. The van der Waals surface area contributed by atoms with Crippen LogP contribution >= 0.6 is 11.8 Å². The lowest BCUT2D eigenvalue weighted by atomic mass is 10.1. The SMILES string of the molecule is Cc1ccc(-c2nnc(SCC(=O)NN=Cc3cccc(F)c3)n2-c2ccc(C)cc2)cc1. The second-order valence-corrected chi connectivity index (χ2v) is 8.42. The van der Waals surface area contributed by atoms with Crippen molar-refractivity contribution in [2.75, 3.05) is 5.75 Å². The van der Waals surface area contributed by atoms with Gasteiger partial charge in [-0.3, -0.25) is 9.36 Å². The summed E-state index contributed by atoms with van der Waals surface area (Å²) in [6.07, 6.45) is 1.40. The van der Waals surface area contributed by atoms with Crippen LogP contribution in [0.2, 0.25) is 0 Å². The van der Waals surface area contributed by atoms with Crippen LogP contribution in [-0.4, -0.2) is 32.6 Å². The molecule has 166 valence electrons. The van der Waals surface area contributed by atoms with Gasteiger partial charge in [-0.15, -0.1) is 10.2 Å². The number of nitrogens with one attached hydrogen (secondary N) is 1. The molecular formula is C25H22FN5OS. The fraction of sp³-hybridized carbons (Fsp3) is 0.120. The minimum Gasteiger partial charge on any atom is -0.272 e. The maximum absolute atomic E-state index is 13.2.